The van der Waals surface area contributed by atoms with Crippen molar-refractivity contribution in [1.29, 1.82) is 0 Å². The second kappa shape index (κ2) is 11.8. The topological polar surface area (TPSA) is 111 Å². The number of nitro groups is 1. The summed E-state index contributed by atoms with van der Waals surface area (Å²) in [6.45, 7) is 2.12. The number of carbonyl (C=O) groups excluding carboxylic acids is 2. The first-order valence-electron chi connectivity index (χ1n) is 10.5. The number of methoxy groups -OCH3 is 1. The van der Waals surface area contributed by atoms with Gasteiger partial charge in [-0.25, -0.2) is 0 Å². The molecule has 178 valence electrons. The predicted molar refractivity (Wildman–Crippen MR) is 129 cm³/mol. The summed E-state index contributed by atoms with van der Waals surface area (Å²) < 4.78 is 10.9. The lowest BCUT2D eigenvalue weighted by molar-refractivity contribution is -0.384. The molecule has 10 heteroatoms. The van der Waals surface area contributed by atoms with E-state index in [9.17, 15) is 19.7 Å². The minimum absolute atomic E-state index is 0.0876. The SMILES string of the molecule is CCN(CC(=O)NCc1cccs1)C(=O)COc1ccc([N+](=O)[O-])cc1-c1ccc(OC)cc1. The molecule has 1 heterocycles. The smallest absolute Gasteiger partial charge is 0.270 e. The van der Waals surface area contributed by atoms with Crippen LogP contribution in [0.5, 0.6) is 11.5 Å². The summed E-state index contributed by atoms with van der Waals surface area (Å²) in [5, 5.41) is 16.0. The first-order chi connectivity index (χ1) is 16.4. The van der Waals surface area contributed by atoms with Crippen molar-refractivity contribution in [2.75, 3.05) is 26.8 Å². The minimum atomic E-state index is -0.490. The molecular formula is C24H25N3O6S. The Balaban J connectivity index is 1.68. The Bertz CT molecular complexity index is 1130. The number of carbonyl (C=O) groups is 2. The van der Waals surface area contributed by atoms with E-state index in [-0.39, 0.29) is 30.7 Å². The van der Waals surface area contributed by atoms with Gasteiger partial charge in [0.2, 0.25) is 5.91 Å². The molecule has 1 aromatic heterocycles. The minimum Gasteiger partial charge on any atom is -0.497 e. The molecule has 0 aliphatic rings. The predicted octanol–water partition coefficient (Wildman–Crippen LogP) is 3.88. The van der Waals surface area contributed by atoms with Crippen molar-refractivity contribution in [2.45, 2.75) is 13.5 Å². The molecule has 0 bridgehead atoms. The largest absolute Gasteiger partial charge is 0.497 e. The first-order valence-corrected chi connectivity index (χ1v) is 11.4. The first kappa shape index (κ1) is 24.7. The van der Waals surface area contributed by atoms with Crippen LogP contribution >= 0.6 is 11.3 Å². The van der Waals surface area contributed by atoms with Gasteiger partial charge in [0.15, 0.2) is 6.61 Å². The van der Waals surface area contributed by atoms with Gasteiger partial charge in [-0.1, -0.05) is 18.2 Å². The van der Waals surface area contributed by atoms with Crippen LogP contribution in [0, 0.1) is 10.1 Å². The van der Waals surface area contributed by atoms with E-state index in [1.807, 2.05) is 17.5 Å². The number of hydrogen-bond donors (Lipinski definition) is 1. The maximum atomic E-state index is 12.7. The number of non-ortho nitro benzene ring substituents is 1. The zero-order valence-corrected chi connectivity index (χ0v) is 19.7. The van der Waals surface area contributed by atoms with E-state index >= 15 is 0 Å². The summed E-state index contributed by atoms with van der Waals surface area (Å²) in [5.41, 5.74) is 1.05. The number of nitrogens with one attached hydrogen (secondary N) is 1. The lowest BCUT2D eigenvalue weighted by atomic mass is 10.0. The number of thiophene rings is 1. The van der Waals surface area contributed by atoms with Gasteiger partial charge in [0.25, 0.3) is 11.6 Å². The number of benzene rings is 2. The Hall–Kier alpha value is -3.92. The zero-order chi connectivity index (χ0) is 24.5. The van der Waals surface area contributed by atoms with Crippen LogP contribution in [0.4, 0.5) is 5.69 Å². The molecule has 0 fully saturated rings. The van der Waals surface area contributed by atoms with Gasteiger partial charge in [0.05, 0.1) is 25.1 Å². The summed E-state index contributed by atoms with van der Waals surface area (Å²) in [5.74, 6) is 0.329. The molecule has 0 aliphatic heterocycles. The Labute approximate surface area is 201 Å². The van der Waals surface area contributed by atoms with Crippen LogP contribution in [-0.2, 0) is 16.1 Å². The maximum absolute atomic E-state index is 12.7. The van der Waals surface area contributed by atoms with E-state index < -0.39 is 4.92 Å². The molecule has 0 atom stereocenters. The summed E-state index contributed by atoms with van der Waals surface area (Å²) in [6, 6.07) is 15.0. The average molecular weight is 484 g/mol. The van der Waals surface area contributed by atoms with Gasteiger partial charge >= 0.3 is 0 Å². The van der Waals surface area contributed by atoms with Crippen molar-refractivity contribution in [1.82, 2.24) is 10.2 Å². The van der Waals surface area contributed by atoms with Crippen molar-refractivity contribution in [2.24, 2.45) is 0 Å². The Morgan fingerprint density at radius 3 is 2.53 bits per heavy atom. The van der Waals surface area contributed by atoms with Crippen molar-refractivity contribution < 1.29 is 24.0 Å². The zero-order valence-electron chi connectivity index (χ0n) is 18.9. The molecule has 0 spiro atoms. The van der Waals surface area contributed by atoms with Crippen LogP contribution in [0.1, 0.15) is 11.8 Å². The number of amides is 2. The van der Waals surface area contributed by atoms with Gasteiger partial charge in [0.1, 0.15) is 11.5 Å². The van der Waals surface area contributed by atoms with Gasteiger partial charge in [-0.05, 0) is 42.1 Å². The molecule has 0 saturated carbocycles. The molecule has 0 unspecified atom stereocenters. The number of nitrogens with zero attached hydrogens (tertiary/aromatic N) is 2. The number of nitro benzene ring substituents is 1. The molecule has 34 heavy (non-hydrogen) atoms. The maximum Gasteiger partial charge on any atom is 0.270 e. The summed E-state index contributed by atoms with van der Waals surface area (Å²) in [4.78, 5) is 38.2. The van der Waals surface area contributed by atoms with Crippen LogP contribution in [-0.4, -0.2) is 48.4 Å². The highest BCUT2D eigenvalue weighted by Crippen LogP contribution is 2.34. The Kier molecular flexibility index (Phi) is 8.58. The molecule has 9 nitrogen and oxygen atoms in total. The third-order valence-corrected chi connectivity index (χ3v) is 5.91. The fraction of sp³-hybridized carbons (Fsp3) is 0.250. The Morgan fingerprint density at radius 1 is 1.15 bits per heavy atom. The molecular weight excluding hydrogens is 458 g/mol. The third kappa shape index (κ3) is 6.55. The van der Waals surface area contributed by atoms with Crippen molar-refractivity contribution >= 4 is 28.8 Å². The molecule has 3 aromatic rings. The second-order valence-electron chi connectivity index (χ2n) is 7.22. The molecule has 0 radical (unpaired) electrons. The van der Waals surface area contributed by atoms with Gasteiger partial charge in [-0.2, -0.15) is 0 Å². The van der Waals surface area contributed by atoms with Gasteiger partial charge in [-0.15, -0.1) is 11.3 Å². The second-order valence-corrected chi connectivity index (χ2v) is 8.25. The van der Waals surface area contributed by atoms with E-state index in [1.54, 1.807) is 49.6 Å². The summed E-state index contributed by atoms with van der Waals surface area (Å²) in [7, 11) is 1.55. The number of ether oxygens (including phenoxy) is 2. The highest BCUT2D eigenvalue weighted by Gasteiger charge is 2.19. The van der Waals surface area contributed by atoms with E-state index in [1.165, 1.54) is 23.1 Å². The van der Waals surface area contributed by atoms with E-state index in [0.29, 0.717) is 35.7 Å². The van der Waals surface area contributed by atoms with Crippen molar-refractivity contribution in [3.63, 3.8) is 0 Å². The lowest BCUT2D eigenvalue weighted by Crippen LogP contribution is -2.42. The fourth-order valence-corrected chi connectivity index (χ4v) is 3.83. The molecule has 3 rings (SSSR count). The van der Waals surface area contributed by atoms with Crippen LogP contribution in [0.2, 0.25) is 0 Å². The summed E-state index contributed by atoms with van der Waals surface area (Å²) >= 11 is 1.54. The molecule has 0 aliphatic carbocycles. The van der Waals surface area contributed by atoms with Crippen LogP contribution in [0.25, 0.3) is 11.1 Å². The lowest BCUT2D eigenvalue weighted by Gasteiger charge is -2.21. The average Bonchev–Trinajstić information content (AvgIpc) is 3.38. The molecule has 1 N–H and O–H groups in total. The van der Waals surface area contributed by atoms with E-state index in [2.05, 4.69) is 5.32 Å². The van der Waals surface area contributed by atoms with Crippen molar-refractivity contribution in [3.05, 3.63) is 75.0 Å². The van der Waals surface area contributed by atoms with Crippen LogP contribution in [0.3, 0.4) is 0 Å². The molecule has 0 saturated heterocycles. The van der Waals surface area contributed by atoms with Gasteiger partial charge < -0.3 is 19.7 Å². The quantitative estimate of drug-likeness (QED) is 0.327. The number of likely N-dealkylation sites (N-methyl/N-ethyl adjacent to an activating group) is 1. The molecule has 2 aromatic carbocycles. The van der Waals surface area contributed by atoms with Crippen LogP contribution in [0.15, 0.2) is 60.0 Å². The highest BCUT2D eigenvalue weighted by molar-refractivity contribution is 7.09. The Morgan fingerprint density at radius 2 is 1.91 bits per heavy atom. The standard InChI is InChI=1S/C24H25N3O6S/c1-3-26(15-23(28)25-14-20-5-4-12-34-20)24(29)16-33-22-11-8-18(27(30)31)13-21(22)17-6-9-19(32-2)10-7-17/h4-13H,3,14-16H2,1-2H3,(H,25,28). The molecule has 2 amide bonds. The van der Waals surface area contributed by atoms with Gasteiger partial charge in [-0.3, -0.25) is 19.7 Å². The summed E-state index contributed by atoms with van der Waals surface area (Å²) in [6.07, 6.45) is 0. The number of rotatable bonds is 11. The van der Waals surface area contributed by atoms with Crippen LogP contribution < -0.4 is 14.8 Å². The van der Waals surface area contributed by atoms with Gasteiger partial charge in [0, 0.05) is 29.1 Å². The van der Waals surface area contributed by atoms with Crippen molar-refractivity contribution in [3.8, 4) is 22.6 Å². The van der Waals surface area contributed by atoms with E-state index in [4.69, 9.17) is 9.47 Å². The normalized spacial score (nSPS) is 10.4. The third-order valence-electron chi connectivity index (χ3n) is 5.03. The monoisotopic (exact) mass is 483 g/mol. The van der Waals surface area contributed by atoms with E-state index in [0.717, 1.165) is 4.88 Å². The number of hydrogen-bond acceptors (Lipinski definition) is 7. The highest BCUT2D eigenvalue weighted by atomic mass is 32.1. The fourth-order valence-electron chi connectivity index (χ4n) is 3.19.